The van der Waals surface area contributed by atoms with Crippen LogP contribution in [0.4, 0.5) is 43.8 Å². The van der Waals surface area contributed by atoms with E-state index in [1.807, 2.05) is 5.32 Å². The molecule has 1 saturated carbocycles. The quantitative estimate of drug-likeness (QED) is 0.175. The van der Waals surface area contributed by atoms with Gasteiger partial charge in [0.2, 0.25) is 5.91 Å². The maximum Gasteiger partial charge on any atom is 0.416 e. The highest BCUT2D eigenvalue weighted by atomic mass is 35.5. The summed E-state index contributed by atoms with van der Waals surface area (Å²) >= 11 is 24.6. The average molecular weight is 713 g/mol. The van der Waals surface area contributed by atoms with Crippen molar-refractivity contribution in [3.63, 3.8) is 0 Å². The van der Waals surface area contributed by atoms with Crippen molar-refractivity contribution in [3.8, 4) is 0 Å². The van der Waals surface area contributed by atoms with Gasteiger partial charge >= 0.3 is 12.3 Å². The zero-order valence-corrected chi connectivity index (χ0v) is 26.3. The Morgan fingerprint density at radius 3 is 2.18 bits per heavy atom. The van der Waals surface area contributed by atoms with Crippen LogP contribution in [0.3, 0.4) is 0 Å². The monoisotopic (exact) mass is 711 g/mol. The topological polar surface area (TPSA) is 96.5 Å². The van der Waals surface area contributed by atoms with Gasteiger partial charge in [0.25, 0.3) is 5.91 Å². The van der Waals surface area contributed by atoms with E-state index in [2.05, 4.69) is 10.6 Å². The van der Waals surface area contributed by atoms with Crippen LogP contribution in [0, 0.1) is 17.6 Å². The number of carbonyl (C=O) groups is 3. The Hall–Kier alpha value is -3.32. The van der Waals surface area contributed by atoms with E-state index in [4.69, 9.17) is 51.1 Å². The molecule has 1 aliphatic rings. The predicted molar refractivity (Wildman–Crippen MR) is 161 cm³/mol. The van der Waals surface area contributed by atoms with Gasteiger partial charge in [-0.1, -0.05) is 23.2 Å². The van der Waals surface area contributed by atoms with Gasteiger partial charge in [-0.05, 0) is 74.9 Å². The average Bonchev–Trinajstić information content (AvgIpc) is 3.49. The van der Waals surface area contributed by atoms with E-state index in [1.165, 1.54) is 18.2 Å². The van der Waals surface area contributed by atoms with Crippen molar-refractivity contribution in [2.24, 2.45) is 5.92 Å². The van der Waals surface area contributed by atoms with E-state index in [0.29, 0.717) is 0 Å². The molecule has 240 valence electrons. The number of rotatable bonds is 6. The number of halogens is 9. The van der Waals surface area contributed by atoms with Gasteiger partial charge < -0.3 is 15.4 Å². The lowest BCUT2D eigenvalue weighted by molar-refractivity contribution is -0.137. The smallest absolute Gasteiger partial charge is 0.416 e. The summed E-state index contributed by atoms with van der Waals surface area (Å²) in [6.07, 6.45) is -5.84. The first-order chi connectivity index (χ1) is 20.7. The SMILES string of the molecule is CC(C)(C)OC(=O)Nc1c(F)ccc(NC(=O)c2cc(NC(=O)[C@H]3[C@H](c4cc(Cl)cc(C(F)(F)F)c4)C3(Cl)Cl)ccc2Cl)c1F. The number of amides is 3. The molecule has 1 fully saturated rings. The van der Waals surface area contributed by atoms with Gasteiger partial charge in [-0.3, -0.25) is 14.9 Å². The summed E-state index contributed by atoms with van der Waals surface area (Å²) in [5.74, 6) is -6.45. The third-order valence-electron chi connectivity index (χ3n) is 6.39. The second-order valence-corrected chi connectivity index (χ2v) is 13.2. The fourth-order valence-corrected chi connectivity index (χ4v) is 5.65. The van der Waals surface area contributed by atoms with Crippen molar-refractivity contribution in [1.29, 1.82) is 0 Å². The molecule has 0 heterocycles. The van der Waals surface area contributed by atoms with E-state index in [1.54, 1.807) is 20.8 Å². The van der Waals surface area contributed by atoms with Crippen LogP contribution in [0.2, 0.25) is 10.0 Å². The highest BCUT2D eigenvalue weighted by Crippen LogP contribution is 2.65. The van der Waals surface area contributed by atoms with Crippen molar-refractivity contribution < 1.29 is 41.1 Å². The third-order valence-corrected chi connectivity index (χ3v) is 7.87. The maximum atomic E-state index is 15.1. The Morgan fingerprint density at radius 1 is 0.889 bits per heavy atom. The number of carbonyl (C=O) groups excluding carboxylic acids is 3. The molecule has 3 N–H and O–H groups in total. The van der Waals surface area contributed by atoms with Crippen molar-refractivity contribution in [3.05, 3.63) is 86.9 Å². The fourth-order valence-electron chi connectivity index (χ4n) is 4.38. The minimum atomic E-state index is -4.71. The second-order valence-electron chi connectivity index (χ2n) is 10.9. The van der Waals surface area contributed by atoms with Crippen molar-refractivity contribution in [1.82, 2.24) is 0 Å². The highest BCUT2D eigenvalue weighted by Gasteiger charge is 2.67. The summed E-state index contributed by atoms with van der Waals surface area (Å²) in [5, 5.41) is 6.32. The number of anilines is 3. The maximum absolute atomic E-state index is 15.1. The molecule has 0 saturated heterocycles. The number of hydrogen-bond donors (Lipinski definition) is 3. The number of alkyl halides is 5. The summed E-state index contributed by atoms with van der Waals surface area (Å²) < 4.78 is 72.5. The van der Waals surface area contributed by atoms with Gasteiger partial charge in [-0.15, -0.1) is 23.2 Å². The lowest BCUT2D eigenvalue weighted by Crippen LogP contribution is -2.28. The summed E-state index contributed by atoms with van der Waals surface area (Å²) in [5.41, 5.74) is -3.63. The molecule has 45 heavy (non-hydrogen) atoms. The van der Waals surface area contributed by atoms with E-state index >= 15 is 4.39 Å². The Kier molecular flexibility index (Phi) is 9.57. The molecule has 1 aliphatic carbocycles. The number of ether oxygens (including phenoxy) is 1. The molecule has 0 aromatic heterocycles. The summed E-state index contributed by atoms with van der Waals surface area (Å²) in [6.45, 7) is 4.65. The van der Waals surface area contributed by atoms with E-state index < -0.39 is 74.4 Å². The summed E-state index contributed by atoms with van der Waals surface area (Å²) in [7, 11) is 0. The molecule has 3 aromatic rings. The molecular weight excluding hydrogens is 691 g/mol. The zero-order valence-electron chi connectivity index (χ0n) is 23.3. The number of benzene rings is 3. The number of nitrogens with one attached hydrogen (secondary N) is 3. The van der Waals surface area contributed by atoms with Gasteiger partial charge in [0, 0.05) is 16.6 Å². The van der Waals surface area contributed by atoms with E-state index in [0.717, 1.165) is 30.3 Å². The molecule has 0 unspecified atom stereocenters. The fraction of sp³-hybridized carbons (Fsp3) is 0.276. The predicted octanol–water partition coefficient (Wildman–Crippen LogP) is 9.42. The van der Waals surface area contributed by atoms with Crippen LogP contribution in [-0.4, -0.2) is 27.8 Å². The largest absolute Gasteiger partial charge is 0.444 e. The second kappa shape index (κ2) is 12.5. The van der Waals surface area contributed by atoms with Crippen LogP contribution in [-0.2, 0) is 15.7 Å². The van der Waals surface area contributed by atoms with Crippen LogP contribution in [0.5, 0.6) is 0 Å². The molecular formula is C29H22Cl4F5N3O4. The van der Waals surface area contributed by atoms with Gasteiger partial charge in [-0.2, -0.15) is 13.2 Å². The first-order valence-corrected chi connectivity index (χ1v) is 14.4. The Morgan fingerprint density at radius 2 is 1.56 bits per heavy atom. The minimum absolute atomic E-state index is 0.00185. The van der Waals surface area contributed by atoms with Crippen LogP contribution in [0.1, 0.15) is 48.2 Å². The molecule has 2 atom stereocenters. The first kappa shape index (κ1) is 34.6. The van der Waals surface area contributed by atoms with Crippen molar-refractivity contribution in [2.45, 2.75) is 42.8 Å². The molecule has 0 spiro atoms. The molecule has 4 rings (SSSR count). The van der Waals surface area contributed by atoms with Crippen LogP contribution < -0.4 is 16.0 Å². The van der Waals surface area contributed by atoms with E-state index in [9.17, 15) is 31.9 Å². The summed E-state index contributed by atoms with van der Waals surface area (Å²) in [4.78, 5) is 38.2. The van der Waals surface area contributed by atoms with Gasteiger partial charge in [0.1, 0.15) is 21.4 Å². The van der Waals surface area contributed by atoms with Crippen molar-refractivity contribution in [2.75, 3.05) is 16.0 Å². The molecule has 16 heteroatoms. The van der Waals surface area contributed by atoms with Gasteiger partial charge in [-0.25, -0.2) is 13.6 Å². The molecule has 7 nitrogen and oxygen atoms in total. The third kappa shape index (κ3) is 7.92. The lowest BCUT2D eigenvalue weighted by atomic mass is 10.0. The van der Waals surface area contributed by atoms with E-state index in [-0.39, 0.29) is 26.9 Å². The van der Waals surface area contributed by atoms with Crippen molar-refractivity contribution >= 4 is 81.4 Å². The first-order valence-electron chi connectivity index (χ1n) is 12.8. The molecule has 0 aliphatic heterocycles. The van der Waals surface area contributed by atoms with Gasteiger partial charge in [0.15, 0.2) is 5.82 Å². The zero-order chi connectivity index (χ0) is 33.6. The summed E-state index contributed by atoms with van der Waals surface area (Å²) in [6, 6.07) is 8.17. The van der Waals surface area contributed by atoms with Crippen LogP contribution >= 0.6 is 46.4 Å². The Bertz CT molecular complexity index is 1700. The van der Waals surface area contributed by atoms with Crippen LogP contribution in [0.15, 0.2) is 48.5 Å². The van der Waals surface area contributed by atoms with Crippen LogP contribution in [0.25, 0.3) is 0 Å². The standard InChI is InChI=1S/C29H22Cl4F5N3O4/c1-27(2,3)45-26(44)41-23-18(34)6-7-19(22(23)35)40-24(42)16-11-15(4-5-17(16)31)39-25(43)21-20(28(21,32)33)12-8-13(29(36,37)38)10-14(30)9-12/h4-11,20-21H,1-3H3,(H,39,43)(H,40,42)(H,41,44)/t20-,21+/m0/s1. The molecule has 0 bridgehead atoms. The molecule has 0 radical (unpaired) electrons. The van der Waals surface area contributed by atoms with Gasteiger partial charge in [0.05, 0.1) is 27.8 Å². The minimum Gasteiger partial charge on any atom is -0.444 e. The Labute approximate surface area is 273 Å². The Balaban J connectivity index is 1.52. The molecule has 3 amide bonds. The normalized spacial score (nSPS) is 17.3. The lowest BCUT2D eigenvalue weighted by Gasteiger charge is -2.20. The highest BCUT2D eigenvalue weighted by molar-refractivity contribution is 6.53. The number of hydrogen-bond acceptors (Lipinski definition) is 4. The molecule has 3 aromatic carbocycles.